The van der Waals surface area contributed by atoms with Gasteiger partial charge in [0.1, 0.15) is 17.3 Å². The fraction of sp³-hybridized carbons (Fsp3) is 0.0526. The largest absolute Gasteiger partial charge is 0.457 e. The first kappa shape index (κ1) is 15.6. The molecule has 0 saturated carbocycles. The van der Waals surface area contributed by atoms with Crippen LogP contribution < -0.4 is 15.8 Å². The number of amides is 1. The highest BCUT2D eigenvalue weighted by molar-refractivity contribution is 5.98. The van der Waals surface area contributed by atoms with Crippen molar-refractivity contribution in [2.75, 3.05) is 5.73 Å². The fourth-order valence-electron chi connectivity index (χ4n) is 2.23. The third-order valence-corrected chi connectivity index (χ3v) is 3.41. The maximum atomic E-state index is 12.2. The number of nitrogen functional groups attached to an aromatic ring is 1. The van der Waals surface area contributed by atoms with Crippen LogP contribution in [0.2, 0.25) is 0 Å². The lowest BCUT2D eigenvalue weighted by molar-refractivity contribution is 0.0951. The number of pyridine rings is 1. The zero-order chi connectivity index (χ0) is 16.8. The first-order valence-electron chi connectivity index (χ1n) is 7.53. The lowest BCUT2D eigenvalue weighted by Gasteiger charge is -2.09. The molecule has 0 aliphatic carbocycles. The second kappa shape index (κ2) is 7.28. The average molecular weight is 319 g/mol. The summed E-state index contributed by atoms with van der Waals surface area (Å²) < 4.78 is 5.79. The molecule has 1 aromatic heterocycles. The number of aromatic nitrogens is 1. The van der Waals surface area contributed by atoms with E-state index in [2.05, 4.69) is 10.3 Å². The van der Waals surface area contributed by atoms with Gasteiger partial charge in [0, 0.05) is 12.7 Å². The zero-order valence-electron chi connectivity index (χ0n) is 13.0. The lowest BCUT2D eigenvalue weighted by Crippen LogP contribution is -2.24. The summed E-state index contributed by atoms with van der Waals surface area (Å²) in [7, 11) is 0. The van der Waals surface area contributed by atoms with Gasteiger partial charge in [0.15, 0.2) is 0 Å². The average Bonchev–Trinajstić information content (AvgIpc) is 2.61. The second-order valence-corrected chi connectivity index (χ2v) is 5.18. The summed E-state index contributed by atoms with van der Waals surface area (Å²) in [6.07, 6.45) is 1.55. The van der Waals surface area contributed by atoms with Crippen LogP contribution >= 0.6 is 0 Å². The number of benzene rings is 2. The Morgan fingerprint density at radius 3 is 2.58 bits per heavy atom. The van der Waals surface area contributed by atoms with Crippen molar-refractivity contribution in [1.29, 1.82) is 0 Å². The van der Waals surface area contributed by atoms with Gasteiger partial charge in [0.05, 0.1) is 5.56 Å². The van der Waals surface area contributed by atoms with Crippen LogP contribution in [-0.2, 0) is 6.54 Å². The third kappa shape index (κ3) is 3.89. The minimum Gasteiger partial charge on any atom is -0.457 e. The number of hydrogen-bond acceptors (Lipinski definition) is 4. The number of nitrogens with one attached hydrogen (secondary N) is 1. The molecule has 0 atom stereocenters. The Balaban J connectivity index is 1.65. The fourth-order valence-corrected chi connectivity index (χ4v) is 2.23. The molecule has 0 unspecified atom stereocenters. The van der Waals surface area contributed by atoms with Crippen molar-refractivity contribution >= 4 is 11.7 Å². The van der Waals surface area contributed by atoms with Crippen molar-refractivity contribution in [2.24, 2.45) is 0 Å². The summed E-state index contributed by atoms with van der Waals surface area (Å²) in [6, 6.07) is 20.4. The number of carbonyl (C=O) groups is 1. The molecule has 1 amide bonds. The first-order valence-corrected chi connectivity index (χ1v) is 7.53. The van der Waals surface area contributed by atoms with E-state index < -0.39 is 0 Å². The standard InChI is InChI=1S/C19H17N3O2/c20-18-17(10-5-11-21-18)19(23)22-13-14-6-4-9-16(12-14)24-15-7-2-1-3-8-15/h1-12H,13H2,(H2,20,21)(H,22,23). The number of rotatable bonds is 5. The van der Waals surface area contributed by atoms with Gasteiger partial charge in [0.2, 0.25) is 0 Å². The Hall–Kier alpha value is -3.34. The lowest BCUT2D eigenvalue weighted by atomic mass is 10.2. The van der Waals surface area contributed by atoms with Crippen LogP contribution in [0.4, 0.5) is 5.82 Å². The highest BCUT2D eigenvalue weighted by Gasteiger charge is 2.09. The molecule has 0 aliphatic rings. The normalized spacial score (nSPS) is 10.2. The molecule has 120 valence electrons. The quantitative estimate of drug-likeness (QED) is 0.756. The number of carbonyl (C=O) groups excluding carboxylic acids is 1. The van der Waals surface area contributed by atoms with E-state index in [-0.39, 0.29) is 11.7 Å². The SMILES string of the molecule is Nc1ncccc1C(=O)NCc1cccc(Oc2ccccc2)c1. The monoisotopic (exact) mass is 319 g/mol. The molecule has 5 heteroatoms. The Bertz CT molecular complexity index is 835. The number of hydrogen-bond donors (Lipinski definition) is 2. The molecule has 3 aromatic rings. The van der Waals surface area contributed by atoms with Crippen molar-refractivity contribution in [2.45, 2.75) is 6.54 Å². The molecule has 2 aromatic carbocycles. The van der Waals surface area contributed by atoms with Crippen LogP contribution in [0.3, 0.4) is 0 Å². The molecule has 0 aliphatic heterocycles. The molecule has 5 nitrogen and oxygen atoms in total. The van der Waals surface area contributed by atoms with E-state index in [1.807, 2.05) is 54.6 Å². The van der Waals surface area contributed by atoms with Crippen molar-refractivity contribution in [3.8, 4) is 11.5 Å². The molecule has 0 radical (unpaired) electrons. The summed E-state index contributed by atoms with van der Waals surface area (Å²) in [6.45, 7) is 0.374. The Kier molecular flexibility index (Phi) is 4.72. The third-order valence-electron chi connectivity index (χ3n) is 3.41. The van der Waals surface area contributed by atoms with Crippen LogP contribution in [0.25, 0.3) is 0 Å². The van der Waals surface area contributed by atoms with E-state index in [1.54, 1.807) is 18.3 Å². The number of nitrogens with zero attached hydrogens (tertiary/aromatic N) is 1. The van der Waals surface area contributed by atoms with Crippen LogP contribution in [0, 0.1) is 0 Å². The Morgan fingerprint density at radius 2 is 1.79 bits per heavy atom. The van der Waals surface area contributed by atoms with Gasteiger partial charge >= 0.3 is 0 Å². The smallest absolute Gasteiger partial charge is 0.255 e. The zero-order valence-corrected chi connectivity index (χ0v) is 13.0. The number of para-hydroxylation sites is 1. The molecule has 1 heterocycles. The van der Waals surface area contributed by atoms with Gasteiger partial charge in [-0.3, -0.25) is 4.79 Å². The van der Waals surface area contributed by atoms with E-state index >= 15 is 0 Å². The van der Waals surface area contributed by atoms with E-state index in [0.29, 0.717) is 17.9 Å². The number of ether oxygens (including phenoxy) is 1. The van der Waals surface area contributed by atoms with Gasteiger partial charge < -0.3 is 15.8 Å². The molecule has 0 fully saturated rings. The van der Waals surface area contributed by atoms with E-state index in [0.717, 1.165) is 11.3 Å². The Labute approximate surface area is 140 Å². The van der Waals surface area contributed by atoms with Gasteiger partial charge in [-0.2, -0.15) is 0 Å². The predicted octanol–water partition coefficient (Wildman–Crippen LogP) is 3.39. The highest BCUT2D eigenvalue weighted by Crippen LogP contribution is 2.21. The minimum atomic E-state index is -0.255. The van der Waals surface area contributed by atoms with Crippen LogP contribution in [0.5, 0.6) is 11.5 Å². The summed E-state index contributed by atoms with van der Waals surface area (Å²) in [4.78, 5) is 16.1. The molecule has 0 bridgehead atoms. The predicted molar refractivity (Wildman–Crippen MR) is 92.8 cm³/mol. The van der Waals surface area contributed by atoms with Crippen LogP contribution in [-0.4, -0.2) is 10.9 Å². The topological polar surface area (TPSA) is 77.2 Å². The summed E-state index contributed by atoms with van der Waals surface area (Å²) in [5, 5.41) is 2.83. The first-order chi connectivity index (χ1) is 11.7. The van der Waals surface area contributed by atoms with Gasteiger partial charge in [-0.25, -0.2) is 4.98 Å². The molecular weight excluding hydrogens is 302 g/mol. The Morgan fingerprint density at radius 1 is 1.00 bits per heavy atom. The maximum Gasteiger partial charge on any atom is 0.255 e. The summed E-state index contributed by atoms with van der Waals surface area (Å²) in [5.74, 6) is 1.45. The summed E-state index contributed by atoms with van der Waals surface area (Å²) in [5.41, 5.74) is 7.01. The highest BCUT2D eigenvalue weighted by atomic mass is 16.5. The maximum absolute atomic E-state index is 12.2. The molecule has 3 rings (SSSR count). The number of anilines is 1. The molecule has 0 spiro atoms. The second-order valence-electron chi connectivity index (χ2n) is 5.18. The molecule has 0 saturated heterocycles. The van der Waals surface area contributed by atoms with Gasteiger partial charge in [-0.1, -0.05) is 30.3 Å². The van der Waals surface area contributed by atoms with Crippen molar-refractivity contribution in [3.05, 3.63) is 84.1 Å². The van der Waals surface area contributed by atoms with Crippen LogP contribution in [0.1, 0.15) is 15.9 Å². The van der Waals surface area contributed by atoms with E-state index in [9.17, 15) is 4.79 Å². The van der Waals surface area contributed by atoms with Crippen molar-refractivity contribution in [3.63, 3.8) is 0 Å². The van der Waals surface area contributed by atoms with Gasteiger partial charge in [0.25, 0.3) is 5.91 Å². The minimum absolute atomic E-state index is 0.219. The summed E-state index contributed by atoms with van der Waals surface area (Å²) >= 11 is 0. The van der Waals surface area contributed by atoms with Crippen molar-refractivity contribution in [1.82, 2.24) is 10.3 Å². The van der Waals surface area contributed by atoms with Crippen LogP contribution in [0.15, 0.2) is 72.9 Å². The van der Waals surface area contributed by atoms with Gasteiger partial charge in [-0.15, -0.1) is 0 Å². The number of nitrogens with two attached hydrogens (primary N) is 1. The molecule has 24 heavy (non-hydrogen) atoms. The van der Waals surface area contributed by atoms with Crippen molar-refractivity contribution < 1.29 is 9.53 Å². The molecular formula is C19H17N3O2. The molecule has 3 N–H and O–H groups in total. The van der Waals surface area contributed by atoms with E-state index in [1.165, 1.54) is 0 Å². The van der Waals surface area contributed by atoms with Gasteiger partial charge in [-0.05, 0) is 42.0 Å². The van der Waals surface area contributed by atoms with E-state index in [4.69, 9.17) is 10.5 Å².